The van der Waals surface area contributed by atoms with E-state index in [4.69, 9.17) is 21.1 Å². The fraction of sp³-hybridized carbons (Fsp3) is 0.235. The molecule has 0 spiro atoms. The molecule has 1 heterocycles. The number of carbonyl (C=O) groups excluding carboxylic acids is 2. The molecule has 7 nitrogen and oxygen atoms in total. The molecule has 2 rings (SSSR count). The third kappa shape index (κ3) is 5.17. The van der Waals surface area contributed by atoms with Crippen LogP contribution in [0.1, 0.15) is 20.7 Å². The zero-order valence-corrected chi connectivity index (χ0v) is 14.6. The number of methoxy groups -OCH3 is 2. The monoisotopic (exact) mass is 363 g/mol. The van der Waals surface area contributed by atoms with Gasteiger partial charge in [0.2, 0.25) is 0 Å². The highest BCUT2D eigenvalue weighted by atomic mass is 35.5. The number of anilines is 2. The molecule has 1 aromatic carbocycles. The molecule has 1 amide bonds. The predicted octanol–water partition coefficient (Wildman–Crippen LogP) is 2.64. The largest absolute Gasteiger partial charge is 0.465 e. The topological polar surface area (TPSA) is 89.5 Å². The van der Waals surface area contributed by atoms with Gasteiger partial charge in [-0.2, -0.15) is 0 Å². The van der Waals surface area contributed by atoms with Crippen molar-refractivity contribution in [2.24, 2.45) is 0 Å². The smallest absolute Gasteiger partial charge is 0.337 e. The summed E-state index contributed by atoms with van der Waals surface area (Å²) >= 11 is 6.15. The summed E-state index contributed by atoms with van der Waals surface area (Å²) in [6, 6.07) is 7.88. The number of amides is 1. The molecular formula is C17H18ClN3O4. The van der Waals surface area contributed by atoms with E-state index in [1.165, 1.54) is 13.3 Å². The molecule has 0 saturated carbocycles. The van der Waals surface area contributed by atoms with Crippen LogP contribution in [0.4, 0.5) is 11.5 Å². The third-order valence-electron chi connectivity index (χ3n) is 3.26. The Labute approximate surface area is 150 Å². The number of nitrogens with one attached hydrogen (secondary N) is 2. The second kappa shape index (κ2) is 9.00. The van der Waals surface area contributed by atoms with Gasteiger partial charge < -0.3 is 20.1 Å². The van der Waals surface area contributed by atoms with Crippen molar-refractivity contribution in [1.82, 2.24) is 10.3 Å². The number of carbonyl (C=O) groups is 2. The van der Waals surface area contributed by atoms with E-state index >= 15 is 0 Å². The van der Waals surface area contributed by atoms with Gasteiger partial charge in [0, 0.05) is 25.4 Å². The van der Waals surface area contributed by atoms with Gasteiger partial charge in [-0.15, -0.1) is 0 Å². The van der Waals surface area contributed by atoms with E-state index in [2.05, 4.69) is 15.6 Å². The highest BCUT2D eigenvalue weighted by molar-refractivity contribution is 6.33. The standard InChI is InChI=1S/C17H18ClN3O4/c1-24-8-7-20-16(22)11-5-6-19-15(10-11)21-14-9-12(17(23)25-2)3-4-13(14)18/h3-6,9-10H,7-8H2,1-2H3,(H,19,21)(H,20,22). The lowest BCUT2D eigenvalue weighted by Crippen LogP contribution is -2.27. The highest BCUT2D eigenvalue weighted by Crippen LogP contribution is 2.26. The number of benzene rings is 1. The minimum absolute atomic E-state index is 0.239. The first-order valence-corrected chi connectivity index (χ1v) is 7.81. The molecule has 0 aliphatic heterocycles. The fourth-order valence-electron chi connectivity index (χ4n) is 2.01. The summed E-state index contributed by atoms with van der Waals surface area (Å²) in [7, 11) is 2.87. The first-order chi connectivity index (χ1) is 12.0. The van der Waals surface area contributed by atoms with Gasteiger partial charge in [-0.25, -0.2) is 9.78 Å². The van der Waals surface area contributed by atoms with Crippen molar-refractivity contribution in [3.8, 4) is 0 Å². The number of pyridine rings is 1. The summed E-state index contributed by atoms with van der Waals surface area (Å²) in [6.07, 6.45) is 1.51. The van der Waals surface area contributed by atoms with Gasteiger partial charge in [0.15, 0.2) is 0 Å². The van der Waals surface area contributed by atoms with Gasteiger partial charge in [-0.05, 0) is 30.3 Å². The number of hydrogen-bond acceptors (Lipinski definition) is 6. The molecule has 0 radical (unpaired) electrons. The first-order valence-electron chi connectivity index (χ1n) is 7.43. The second-order valence-electron chi connectivity index (χ2n) is 4.99. The molecule has 0 atom stereocenters. The molecular weight excluding hydrogens is 346 g/mol. The molecule has 0 fully saturated rings. The highest BCUT2D eigenvalue weighted by Gasteiger charge is 2.11. The number of aromatic nitrogens is 1. The minimum atomic E-state index is -0.473. The van der Waals surface area contributed by atoms with E-state index in [1.54, 1.807) is 37.4 Å². The molecule has 0 bridgehead atoms. The number of nitrogens with zero attached hydrogens (tertiary/aromatic N) is 1. The van der Waals surface area contributed by atoms with Crippen LogP contribution in [-0.4, -0.2) is 44.2 Å². The van der Waals surface area contributed by atoms with Gasteiger partial charge in [0.25, 0.3) is 5.91 Å². The lowest BCUT2D eigenvalue weighted by atomic mass is 10.2. The molecule has 0 aliphatic carbocycles. The second-order valence-corrected chi connectivity index (χ2v) is 5.40. The normalized spacial score (nSPS) is 10.2. The Morgan fingerprint density at radius 1 is 1.16 bits per heavy atom. The Kier molecular flexibility index (Phi) is 6.73. The first kappa shape index (κ1) is 18.7. The van der Waals surface area contributed by atoms with E-state index in [9.17, 15) is 9.59 Å². The number of rotatable bonds is 7. The van der Waals surface area contributed by atoms with Crippen LogP contribution in [-0.2, 0) is 9.47 Å². The number of ether oxygens (including phenoxy) is 2. The zero-order chi connectivity index (χ0) is 18.2. The van der Waals surface area contributed by atoms with Crippen molar-refractivity contribution >= 4 is 35.0 Å². The van der Waals surface area contributed by atoms with Gasteiger partial charge in [0.05, 0.1) is 30.0 Å². The molecule has 0 saturated heterocycles. The van der Waals surface area contributed by atoms with E-state index in [1.807, 2.05) is 0 Å². The van der Waals surface area contributed by atoms with Crippen LogP contribution >= 0.6 is 11.6 Å². The van der Waals surface area contributed by atoms with E-state index in [0.717, 1.165) is 0 Å². The maximum atomic E-state index is 12.1. The van der Waals surface area contributed by atoms with Gasteiger partial charge in [-0.3, -0.25) is 4.79 Å². The average molecular weight is 364 g/mol. The molecule has 2 N–H and O–H groups in total. The van der Waals surface area contributed by atoms with Crippen LogP contribution in [0.15, 0.2) is 36.5 Å². The molecule has 132 valence electrons. The Bertz CT molecular complexity index is 767. The summed E-state index contributed by atoms with van der Waals surface area (Å²) in [5.41, 5.74) is 1.27. The molecule has 0 unspecified atom stereocenters. The lowest BCUT2D eigenvalue weighted by Gasteiger charge is -2.10. The molecule has 2 aromatic rings. The predicted molar refractivity (Wildman–Crippen MR) is 94.5 cm³/mol. The summed E-state index contributed by atoms with van der Waals surface area (Å²) < 4.78 is 9.58. The molecule has 8 heteroatoms. The van der Waals surface area contributed by atoms with Crippen LogP contribution in [0.3, 0.4) is 0 Å². The molecule has 25 heavy (non-hydrogen) atoms. The third-order valence-corrected chi connectivity index (χ3v) is 3.59. The maximum absolute atomic E-state index is 12.1. The summed E-state index contributed by atoms with van der Waals surface area (Å²) in [5.74, 6) is -0.292. The van der Waals surface area contributed by atoms with Crippen LogP contribution in [0.5, 0.6) is 0 Å². The molecule has 0 aliphatic rings. The lowest BCUT2D eigenvalue weighted by molar-refractivity contribution is 0.0600. The van der Waals surface area contributed by atoms with Crippen molar-refractivity contribution < 1.29 is 19.1 Å². The van der Waals surface area contributed by atoms with Gasteiger partial charge >= 0.3 is 5.97 Å². The molecule has 1 aromatic heterocycles. The van der Waals surface area contributed by atoms with Crippen LogP contribution < -0.4 is 10.6 Å². The van der Waals surface area contributed by atoms with Crippen molar-refractivity contribution in [1.29, 1.82) is 0 Å². The Hall–Kier alpha value is -2.64. The van der Waals surface area contributed by atoms with Crippen molar-refractivity contribution in [2.45, 2.75) is 0 Å². The van der Waals surface area contributed by atoms with E-state index < -0.39 is 5.97 Å². The quantitative estimate of drug-likeness (QED) is 0.580. The Morgan fingerprint density at radius 2 is 1.96 bits per heavy atom. The fourth-order valence-corrected chi connectivity index (χ4v) is 2.18. The average Bonchev–Trinajstić information content (AvgIpc) is 2.63. The van der Waals surface area contributed by atoms with Crippen LogP contribution in [0.2, 0.25) is 5.02 Å². The van der Waals surface area contributed by atoms with E-state index in [0.29, 0.717) is 40.8 Å². The minimum Gasteiger partial charge on any atom is -0.465 e. The maximum Gasteiger partial charge on any atom is 0.337 e. The Morgan fingerprint density at radius 3 is 2.68 bits per heavy atom. The van der Waals surface area contributed by atoms with Crippen molar-refractivity contribution in [2.75, 3.05) is 32.7 Å². The van der Waals surface area contributed by atoms with Crippen LogP contribution in [0.25, 0.3) is 0 Å². The van der Waals surface area contributed by atoms with Gasteiger partial charge in [-0.1, -0.05) is 11.6 Å². The van der Waals surface area contributed by atoms with E-state index in [-0.39, 0.29) is 5.91 Å². The Balaban J connectivity index is 2.17. The number of esters is 1. The zero-order valence-electron chi connectivity index (χ0n) is 13.8. The number of hydrogen-bond donors (Lipinski definition) is 2. The number of halogens is 1. The summed E-state index contributed by atoms with van der Waals surface area (Å²) in [6.45, 7) is 0.839. The van der Waals surface area contributed by atoms with Crippen LogP contribution in [0, 0.1) is 0 Å². The summed E-state index contributed by atoms with van der Waals surface area (Å²) in [5, 5.41) is 6.13. The summed E-state index contributed by atoms with van der Waals surface area (Å²) in [4.78, 5) is 27.8. The van der Waals surface area contributed by atoms with Crippen molar-refractivity contribution in [3.63, 3.8) is 0 Å². The van der Waals surface area contributed by atoms with Gasteiger partial charge in [0.1, 0.15) is 5.82 Å². The van der Waals surface area contributed by atoms with Crippen molar-refractivity contribution in [3.05, 3.63) is 52.7 Å². The SMILES string of the molecule is COCCNC(=O)c1ccnc(Nc2cc(C(=O)OC)ccc2Cl)c1.